The summed E-state index contributed by atoms with van der Waals surface area (Å²) in [5.74, 6) is -0.824. The molecule has 7 nitrogen and oxygen atoms in total. The Hall–Kier alpha value is -4.14. The molecule has 9 heteroatoms. The van der Waals surface area contributed by atoms with Crippen LogP contribution in [0.2, 0.25) is 0 Å². The van der Waals surface area contributed by atoms with E-state index in [1.54, 1.807) is 18.0 Å². The summed E-state index contributed by atoms with van der Waals surface area (Å²) in [6.45, 7) is 10.7. The average Bonchev–Trinajstić information content (AvgIpc) is 2.96. The van der Waals surface area contributed by atoms with Crippen molar-refractivity contribution < 1.29 is 18.4 Å². The Balaban J connectivity index is 1.91. The molecule has 4 rings (SSSR count). The standard InChI is InChI=1S/C31H35F2N5O2/c1-6-22-12-10-11-20(3)29(22)38(19-39)31-24(17-26(33)28(35-31)23-13-8-9-14-25(23)32)30(34-5)37-16-15-36(18-21(37)4)27(40)7-2/h7,10-14,17,19,21H,2,6,8-9,15-16,18H2,1,3-5H3. The highest BCUT2D eigenvalue weighted by atomic mass is 19.1. The zero-order chi connectivity index (χ0) is 29.0. The van der Waals surface area contributed by atoms with E-state index in [4.69, 9.17) is 0 Å². The number of halogens is 2. The van der Waals surface area contributed by atoms with Crippen LogP contribution in [-0.2, 0) is 16.0 Å². The Morgan fingerprint density at radius 1 is 1.25 bits per heavy atom. The van der Waals surface area contributed by atoms with E-state index in [2.05, 4.69) is 16.6 Å². The maximum Gasteiger partial charge on any atom is 0.246 e. The fourth-order valence-electron chi connectivity index (χ4n) is 5.43. The van der Waals surface area contributed by atoms with E-state index in [0.717, 1.165) is 11.1 Å². The molecule has 2 heterocycles. The molecule has 2 aliphatic rings. The first-order valence-electron chi connectivity index (χ1n) is 13.5. The van der Waals surface area contributed by atoms with Gasteiger partial charge in [0.05, 0.1) is 11.3 Å². The number of para-hydroxylation sites is 1. The molecular weight excluding hydrogens is 512 g/mol. The smallest absolute Gasteiger partial charge is 0.246 e. The Labute approximate surface area is 234 Å². The lowest BCUT2D eigenvalue weighted by Crippen LogP contribution is -2.55. The van der Waals surface area contributed by atoms with Crippen LogP contribution in [-0.4, -0.2) is 65.7 Å². The van der Waals surface area contributed by atoms with Crippen LogP contribution >= 0.6 is 0 Å². The van der Waals surface area contributed by atoms with Gasteiger partial charge in [-0.05, 0) is 62.5 Å². The van der Waals surface area contributed by atoms with Crippen molar-refractivity contribution >= 4 is 35.2 Å². The van der Waals surface area contributed by atoms with Crippen molar-refractivity contribution in [2.24, 2.45) is 4.99 Å². The van der Waals surface area contributed by atoms with Crippen molar-refractivity contribution in [2.75, 3.05) is 31.6 Å². The van der Waals surface area contributed by atoms with Crippen molar-refractivity contribution in [3.63, 3.8) is 0 Å². The van der Waals surface area contributed by atoms with Crippen LogP contribution in [0.1, 0.15) is 49.1 Å². The highest BCUT2D eigenvalue weighted by Gasteiger charge is 2.32. The number of benzene rings is 1. The number of carbonyl (C=O) groups excluding carboxylic acids is 2. The van der Waals surface area contributed by atoms with Crippen LogP contribution in [0.15, 0.2) is 59.9 Å². The molecule has 0 bridgehead atoms. The molecule has 2 aromatic rings. The first-order valence-corrected chi connectivity index (χ1v) is 13.5. The highest BCUT2D eigenvalue weighted by Crippen LogP contribution is 2.37. The second-order valence-corrected chi connectivity index (χ2v) is 9.93. The van der Waals surface area contributed by atoms with Gasteiger partial charge in [-0.25, -0.2) is 13.8 Å². The van der Waals surface area contributed by atoms with Gasteiger partial charge in [0.15, 0.2) is 5.82 Å². The number of rotatable bonds is 7. The molecule has 1 unspecified atom stereocenters. The van der Waals surface area contributed by atoms with E-state index in [1.165, 1.54) is 23.1 Å². The minimum absolute atomic E-state index is 0.0720. The lowest BCUT2D eigenvalue weighted by molar-refractivity contribution is -0.128. The van der Waals surface area contributed by atoms with Crippen LogP contribution in [0.4, 0.5) is 20.3 Å². The Morgan fingerprint density at radius 2 is 2.00 bits per heavy atom. The first-order chi connectivity index (χ1) is 19.2. The van der Waals surface area contributed by atoms with Crippen LogP contribution in [0.25, 0.3) is 5.57 Å². The first kappa shape index (κ1) is 28.9. The van der Waals surface area contributed by atoms with Crippen molar-refractivity contribution in [3.05, 3.63) is 83.1 Å². The molecule has 1 saturated heterocycles. The number of anilines is 2. The van der Waals surface area contributed by atoms with Gasteiger partial charge >= 0.3 is 0 Å². The van der Waals surface area contributed by atoms with Gasteiger partial charge in [-0.2, -0.15) is 0 Å². The quantitative estimate of drug-likeness (QED) is 0.198. The number of amidine groups is 1. The summed E-state index contributed by atoms with van der Waals surface area (Å²) in [5, 5.41) is 0. The number of allylic oxidation sites excluding steroid dienone is 4. The van der Waals surface area contributed by atoms with Crippen molar-refractivity contribution in [2.45, 2.75) is 46.1 Å². The SMILES string of the molecule is C=CC(=O)N1CCN(C(=NC)c2cc(F)c(C3=CCCC=C3F)nc2N(C=O)c2c(C)cccc2CC)C(C)C1. The molecular formula is C31H35F2N5O2. The fraction of sp³-hybridized carbons (Fsp3) is 0.355. The molecule has 1 aromatic carbocycles. The minimum atomic E-state index is -0.712. The Morgan fingerprint density at radius 3 is 2.62 bits per heavy atom. The lowest BCUT2D eigenvalue weighted by atomic mass is 10.00. The number of aryl methyl sites for hydroxylation is 2. The van der Waals surface area contributed by atoms with Gasteiger partial charge in [-0.3, -0.25) is 19.5 Å². The van der Waals surface area contributed by atoms with Crippen LogP contribution in [0.3, 0.4) is 0 Å². The molecule has 0 radical (unpaired) electrons. The summed E-state index contributed by atoms with van der Waals surface area (Å²) in [4.78, 5) is 39.3. The predicted molar refractivity (Wildman–Crippen MR) is 155 cm³/mol. The van der Waals surface area contributed by atoms with Gasteiger partial charge in [-0.1, -0.05) is 37.8 Å². The van der Waals surface area contributed by atoms with E-state index in [0.29, 0.717) is 62.4 Å². The van der Waals surface area contributed by atoms with Crippen molar-refractivity contribution in [1.29, 1.82) is 0 Å². The Bertz CT molecular complexity index is 1410. The molecule has 1 aromatic heterocycles. The number of nitrogens with zero attached hydrogens (tertiary/aromatic N) is 5. The summed E-state index contributed by atoms with van der Waals surface area (Å²) < 4.78 is 30.7. The maximum absolute atomic E-state index is 15.8. The summed E-state index contributed by atoms with van der Waals surface area (Å²) in [5.41, 5.74) is 2.61. The molecule has 0 spiro atoms. The van der Waals surface area contributed by atoms with Crippen LogP contribution < -0.4 is 4.90 Å². The molecule has 0 saturated carbocycles. The molecule has 210 valence electrons. The monoisotopic (exact) mass is 547 g/mol. The number of pyridine rings is 1. The van der Waals surface area contributed by atoms with E-state index in [1.807, 2.05) is 43.9 Å². The molecule has 1 fully saturated rings. The molecule has 2 amide bonds. The molecule has 1 aliphatic carbocycles. The third-order valence-corrected chi connectivity index (χ3v) is 7.42. The maximum atomic E-state index is 15.8. The largest absolute Gasteiger partial charge is 0.350 e. The van der Waals surface area contributed by atoms with Gasteiger partial charge < -0.3 is 9.80 Å². The summed E-state index contributed by atoms with van der Waals surface area (Å²) in [7, 11) is 1.60. The van der Waals surface area contributed by atoms with E-state index >= 15 is 4.39 Å². The zero-order valence-corrected chi connectivity index (χ0v) is 23.5. The Kier molecular flexibility index (Phi) is 8.92. The number of aromatic nitrogens is 1. The van der Waals surface area contributed by atoms with Crippen molar-refractivity contribution in [3.8, 4) is 0 Å². The lowest BCUT2D eigenvalue weighted by Gasteiger charge is -2.41. The second kappa shape index (κ2) is 12.4. The number of hydrogen-bond donors (Lipinski definition) is 0. The molecule has 40 heavy (non-hydrogen) atoms. The minimum Gasteiger partial charge on any atom is -0.350 e. The third kappa shape index (κ3) is 5.46. The number of amides is 2. The number of carbonyl (C=O) groups is 2. The van der Waals surface area contributed by atoms with Gasteiger partial charge in [-0.15, -0.1) is 0 Å². The summed E-state index contributed by atoms with van der Waals surface area (Å²) in [6.07, 6.45) is 6.73. The zero-order valence-electron chi connectivity index (χ0n) is 23.5. The normalized spacial score (nSPS) is 17.8. The van der Waals surface area contributed by atoms with Gasteiger partial charge in [0.1, 0.15) is 23.2 Å². The van der Waals surface area contributed by atoms with Gasteiger partial charge in [0.2, 0.25) is 12.3 Å². The fourth-order valence-corrected chi connectivity index (χ4v) is 5.43. The van der Waals surface area contributed by atoms with Gasteiger partial charge in [0.25, 0.3) is 0 Å². The van der Waals surface area contributed by atoms with Crippen LogP contribution in [0, 0.1) is 12.7 Å². The second-order valence-electron chi connectivity index (χ2n) is 9.93. The molecule has 1 aliphatic heterocycles. The van der Waals surface area contributed by atoms with E-state index in [9.17, 15) is 14.0 Å². The summed E-state index contributed by atoms with van der Waals surface area (Å²) >= 11 is 0. The highest BCUT2D eigenvalue weighted by molar-refractivity contribution is 6.07. The van der Waals surface area contributed by atoms with Crippen molar-refractivity contribution in [1.82, 2.24) is 14.8 Å². The average molecular weight is 548 g/mol. The van der Waals surface area contributed by atoms with Gasteiger partial charge in [0, 0.05) is 38.3 Å². The predicted octanol–water partition coefficient (Wildman–Crippen LogP) is 5.51. The number of piperazine rings is 1. The molecule has 0 N–H and O–H groups in total. The topological polar surface area (TPSA) is 69.1 Å². The number of aliphatic imine (C=N–C) groups is 1. The number of hydrogen-bond acceptors (Lipinski definition) is 4. The van der Waals surface area contributed by atoms with E-state index < -0.39 is 11.6 Å². The van der Waals surface area contributed by atoms with Crippen LogP contribution in [0.5, 0.6) is 0 Å². The third-order valence-electron chi connectivity index (χ3n) is 7.42. The summed E-state index contributed by atoms with van der Waals surface area (Å²) in [6, 6.07) is 6.87. The van der Waals surface area contributed by atoms with E-state index in [-0.39, 0.29) is 29.0 Å². The molecule has 1 atom stereocenters.